The lowest BCUT2D eigenvalue weighted by Gasteiger charge is -2.36. The number of anilines is 1. The van der Waals surface area contributed by atoms with Gasteiger partial charge >= 0.3 is 6.03 Å². The third kappa shape index (κ3) is 3.54. The number of non-ortho nitro benzene ring substituents is 1. The summed E-state index contributed by atoms with van der Waals surface area (Å²) in [4.78, 5) is 42.9. The van der Waals surface area contributed by atoms with Crippen molar-refractivity contribution in [2.75, 3.05) is 50.7 Å². The van der Waals surface area contributed by atoms with Crippen LogP contribution >= 0.6 is 0 Å². The Hall–Kier alpha value is -2.68. The molecule has 3 aliphatic heterocycles. The summed E-state index contributed by atoms with van der Waals surface area (Å²) in [7, 11) is 0. The first-order valence-corrected chi connectivity index (χ1v) is 9.88. The second-order valence-corrected chi connectivity index (χ2v) is 7.58. The molecule has 3 fully saturated rings. The van der Waals surface area contributed by atoms with Gasteiger partial charge in [0.1, 0.15) is 6.04 Å². The Balaban J connectivity index is 1.23. The molecular weight excluding hydrogens is 362 g/mol. The maximum atomic E-state index is 12.4. The summed E-state index contributed by atoms with van der Waals surface area (Å²) >= 11 is 0. The number of benzene rings is 1. The molecule has 150 valence electrons. The standard InChI is InChI=1S/C19H25N5O4/c25-18-17-6-2-8-22(17)19(26)23(18)9-3-7-20-10-12-21(13-11-20)15-4-1-5-16(14-15)24(27)28/h1,4-5,14,17H,2-3,6-13H2/t17-/m1/s1. The Morgan fingerprint density at radius 2 is 1.86 bits per heavy atom. The van der Waals surface area contributed by atoms with Gasteiger partial charge in [-0.15, -0.1) is 0 Å². The SMILES string of the molecule is O=C1[C@H]2CCCN2C(=O)N1CCCN1CCN(c2cccc([N+](=O)[O-])c2)CC1. The Morgan fingerprint density at radius 1 is 1.07 bits per heavy atom. The van der Waals surface area contributed by atoms with Gasteiger partial charge in [-0.3, -0.25) is 24.7 Å². The van der Waals surface area contributed by atoms with Crippen LogP contribution in [-0.4, -0.2) is 83.4 Å². The molecule has 0 aromatic heterocycles. The molecule has 4 rings (SSSR count). The van der Waals surface area contributed by atoms with Gasteiger partial charge in [0.2, 0.25) is 0 Å². The van der Waals surface area contributed by atoms with Crippen LogP contribution < -0.4 is 4.90 Å². The zero-order valence-electron chi connectivity index (χ0n) is 15.8. The van der Waals surface area contributed by atoms with E-state index in [0.29, 0.717) is 13.1 Å². The lowest BCUT2D eigenvalue weighted by Crippen LogP contribution is -2.47. The highest BCUT2D eigenvalue weighted by Gasteiger charge is 2.46. The largest absolute Gasteiger partial charge is 0.369 e. The number of amides is 3. The summed E-state index contributed by atoms with van der Waals surface area (Å²) in [6.07, 6.45) is 2.49. The van der Waals surface area contributed by atoms with Crippen LogP contribution in [0.15, 0.2) is 24.3 Å². The molecule has 9 heteroatoms. The Morgan fingerprint density at radius 3 is 2.57 bits per heavy atom. The molecule has 3 aliphatic rings. The minimum absolute atomic E-state index is 0.0296. The third-order valence-electron chi connectivity index (χ3n) is 5.91. The number of imide groups is 1. The highest BCUT2D eigenvalue weighted by molar-refractivity contribution is 6.04. The van der Waals surface area contributed by atoms with Crippen LogP contribution in [0.1, 0.15) is 19.3 Å². The van der Waals surface area contributed by atoms with E-state index >= 15 is 0 Å². The van der Waals surface area contributed by atoms with Gasteiger partial charge in [-0.1, -0.05) is 6.07 Å². The van der Waals surface area contributed by atoms with Gasteiger partial charge in [-0.05, 0) is 31.9 Å². The molecule has 0 N–H and O–H groups in total. The number of hydrogen-bond acceptors (Lipinski definition) is 6. The quantitative estimate of drug-likeness (QED) is 0.418. The molecule has 1 aromatic rings. The van der Waals surface area contributed by atoms with E-state index in [-0.39, 0.29) is 28.6 Å². The molecule has 9 nitrogen and oxygen atoms in total. The minimum atomic E-state index is -0.370. The van der Waals surface area contributed by atoms with Gasteiger partial charge in [-0.2, -0.15) is 0 Å². The Bertz CT molecular complexity index is 755. The van der Waals surface area contributed by atoms with Crippen LogP contribution in [0.2, 0.25) is 0 Å². The summed E-state index contributed by atoms with van der Waals surface area (Å²) in [5.74, 6) is -0.0296. The van der Waals surface area contributed by atoms with E-state index in [4.69, 9.17) is 0 Å². The molecule has 0 bridgehead atoms. The van der Waals surface area contributed by atoms with Gasteiger partial charge in [0, 0.05) is 57.1 Å². The number of nitro benzene ring substituents is 1. The van der Waals surface area contributed by atoms with E-state index < -0.39 is 0 Å². The van der Waals surface area contributed by atoms with Gasteiger partial charge in [-0.25, -0.2) is 4.79 Å². The predicted molar refractivity (Wildman–Crippen MR) is 103 cm³/mol. The number of fused-ring (bicyclic) bond motifs is 1. The summed E-state index contributed by atoms with van der Waals surface area (Å²) in [6.45, 7) is 5.35. The van der Waals surface area contributed by atoms with Gasteiger partial charge < -0.3 is 9.80 Å². The lowest BCUT2D eigenvalue weighted by atomic mass is 10.2. The van der Waals surface area contributed by atoms with Crippen LogP contribution in [0.4, 0.5) is 16.2 Å². The zero-order valence-corrected chi connectivity index (χ0v) is 15.8. The molecule has 0 unspecified atom stereocenters. The van der Waals surface area contributed by atoms with Crippen molar-refractivity contribution < 1.29 is 14.5 Å². The Kier molecular flexibility index (Phi) is 5.17. The predicted octanol–water partition coefficient (Wildman–Crippen LogP) is 1.53. The highest BCUT2D eigenvalue weighted by atomic mass is 16.6. The monoisotopic (exact) mass is 387 g/mol. The number of rotatable bonds is 6. The average molecular weight is 387 g/mol. The van der Waals surface area contributed by atoms with Crippen LogP contribution in [0.3, 0.4) is 0 Å². The van der Waals surface area contributed by atoms with Crippen molar-refractivity contribution in [1.29, 1.82) is 0 Å². The third-order valence-corrected chi connectivity index (χ3v) is 5.91. The molecule has 0 radical (unpaired) electrons. The van der Waals surface area contributed by atoms with Crippen molar-refractivity contribution in [1.82, 2.24) is 14.7 Å². The molecule has 1 aromatic carbocycles. The number of carbonyl (C=O) groups excluding carboxylic acids is 2. The van der Waals surface area contributed by atoms with Crippen LogP contribution in [-0.2, 0) is 4.79 Å². The number of carbonyl (C=O) groups is 2. The fraction of sp³-hybridized carbons (Fsp3) is 0.579. The van der Waals surface area contributed by atoms with Crippen molar-refractivity contribution >= 4 is 23.3 Å². The highest BCUT2D eigenvalue weighted by Crippen LogP contribution is 2.27. The summed E-state index contributed by atoms with van der Waals surface area (Å²) in [6, 6.07) is 6.40. The van der Waals surface area contributed by atoms with E-state index in [9.17, 15) is 19.7 Å². The zero-order chi connectivity index (χ0) is 19.7. The lowest BCUT2D eigenvalue weighted by molar-refractivity contribution is -0.384. The van der Waals surface area contributed by atoms with Crippen molar-refractivity contribution in [2.45, 2.75) is 25.3 Å². The topological polar surface area (TPSA) is 90.2 Å². The molecule has 3 amide bonds. The molecule has 3 heterocycles. The van der Waals surface area contributed by atoms with E-state index in [1.807, 2.05) is 6.07 Å². The molecule has 0 spiro atoms. The molecular formula is C19H25N5O4. The molecule has 28 heavy (non-hydrogen) atoms. The summed E-state index contributed by atoms with van der Waals surface area (Å²) in [5, 5.41) is 10.9. The molecule has 3 saturated heterocycles. The molecule has 0 saturated carbocycles. The molecule has 1 atom stereocenters. The summed E-state index contributed by atoms with van der Waals surface area (Å²) < 4.78 is 0. The minimum Gasteiger partial charge on any atom is -0.369 e. The average Bonchev–Trinajstić information content (AvgIpc) is 3.28. The first-order valence-electron chi connectivity index (χ1n) is 9.88. The second kappa shape index (κ2) is 7.75. The summed E-state index contributed by atoms with van der Waals surface area (Å²) in [5.41, 5.74) is 0.989. The number of nitrogens with zero attached hydrogens (tertiary/aromatic N) is 5. The van der Waals surface area contributed by atoms with Crippen LogP contribution in [0.25, 0.3) is 0 Å². The first-order chi connectivity index (χ1) is 13.5. The Labute approximate surface area is 163 Å². The number of piperazine rings is 1. The molecule has 0 aliphatic carbocycles. The van der Waals surface area contributed by atoms with Gasteiger partial charge in [0.25, 0.3) is 11.6 Å². The van der Waals surface area contributed by atoms with Crippen LogP contribution in [0.5, 0.6) is 0 Å². The van der Waals surface area contributed by atoms with E-state index in [1.165, 1.54) is 11.0 Å². The number of hydrogen-bond donors (Lipinski definition) is 0. The first kappa shape index (κ1) is 18.7. The smallest absolute Gasteiger partial charge is 0.327 e. The van der Waals surface area contributed by atoms with Crippen molar-refractivity contribution in [2.24, 2.45) is 0 Å². The van der Waals surface area contributed by atoms with Crippen molar-refractivity contribution in [3.63, 3.8) is 0 Å². The van der Waals surface area contributed by atoms with E-state index in [2.05, 4.69) is 9.80 Å². The fourth-order valence-corrected chi connectivity index (χ4v) is 4.37. The van der Waals surface area contributed by atoms with Crippen molar-refractivity contribution in [3.8, 4) is 0 Å². The normalized spacial score (nSPS) is 22.9. The second-order valence-electron chi connectivity index (χ2n) is 7.58. The number of nitro groups is 1. The van der Waals surface area contributed by atoms with Crippen LogP contribution in [0, 0.1) is 10.1 Å². The maximum absolute atomic E-state index is 12.4. The van der Waals surface area contributed by atoms with E-state index in [1.54, 1.807) is 17.0 Å². The van der Waals surface area contributed by atoms with Crippen molar-refractivity contribution in [3.05, 3.63) is 34.4 Å². The maximum Gasteiger partial charge on any atom is 0.327 e. The fourth-order valence-electron chi connectivity index (χ4n) is 4.37. The van der Waals surface area contributed by atoms with Gasteiger partial charge in [0.15, 0.2) is 0 Å². The van der Waals surface area contributed by atoms with E-state index in [0.717, 1.165) is 57.7 Å². The van der Waals surface area contributed by atoms with Gasteiger partial charge in [0.05, 0.1) is 4.92 Å². The number of urea groups is 1.